The van der Waals surface area contributed by atoms with Crippen molar-refractivity contribution in [2.45, 2.75) is 27.2 Å². The fourth-order valence-electron chi connectivity index (χ4n) is 2.08. The molecule has 0 radical (unpaired) electrons. The van der Waals surface area contributed by atoms with E-state index in [-0.39, 0.29) is 33.9 Å². The van der Waals surface area contributed by atoms with Crippen LogP contribution in [0.25, 0.3) is 0 Å². The summed E-state index contributed by atoms with van der Waals surface area (Å²) >= 11 is 5.76. The number of carbonyl (C=O) groups is 2. The van der Waals surface area contributed by atoms with Crippen molar-refractivity contribution in [3.63, 3.8) is 0 Å². The van der Waals surface area contributed by atoms with Crippen LogP contribution in [-0.2, 0) is 4.79 Å². The Bertz CT molecular complexity index is 487. The third-order valence-electron chi connectivity index (χ3n) is 3.44. The predicted molar refractivity (Wildman–Crippen MR) is 67.3 cm³/mol. The Kier molecular flexibility index (Phi) is 3.23. The number of halogens is 1. The van der Waals surface area contributed by atoms with Crippen molar-refractivity contribution in [3.8, 4) is 0 Å². The molecule has 4 nitrogen and oxygen atoms in total. The average molecular weight is 270 g/mol. The Labute approximate surface area is 111 Å². The maximum Gasteiger partial charge on any atom is 0.265 e. The molecule has 2 rings (SSSR count). The molecule has 0 N–H and O–H groups in total. The fourth-order valence-corrected chi connectivity index (χ4v) is 2.27. The van der Waals surface area contributed by atoms with Crippen LogP contribution in [0.15, 0.2) is 16.7 Å². The number of carbonyl (C=O) groups excluding carboxylic acids is 2. The second-order valence-electron chi connectivity index (χ2n) is 5.68. The SMILES string of the molecule is CC(C)(C)C1CC(=O)N(C(=O)c2ccoc2Cl)C1. The van der Waals surface area contributed by atoms with E-state index in [1.54, 1.807) is 0 Å². The maximum atomic E-state index is 12.2. The van der Waals surface area contributed by atoms with E-state index in [1.807, 2.05) is 0 Å². The van der Waals surface area contributed by atoms with Gasteiger partial charge in [0.25, 0.3) is 5.91 Å². The largest absolute Gasteiger partial charge is 0.452 e. The normalized spacial score (nSPS) is 20.6. The Morgan fingerprint density at radius 3 is 2.61 bits per heavy atom. The first-order valence-electron chi connectivity index (χ1n) is 5.88. The molecule has 1 aliphatic rings. The van der Waals surface area contributed by atoms with Gasteiger partial charge in [-0.05, 0) is 29.0 Å². The van der Waals surface area contributed by atoms with Crippen LogP contribution in [0.2, 0.25) is 5.22 Å². The van der Waals surface area contributed by atoms with Crippen molar-refractivity contribution in [1.29, 1.82) is 0 Å². The second kappa shape index (κ2) is 4.43. The highest BCUT2D eigenvalue weighted by Crippen LogP contribution is 2.35. The molecule has 0 aromatic carbocycles. The number of imide groups is 1. The number of rotatable bonds is 1. The number of nitrogens with zero attached hydrogens (tertiary/aromatic N) is 1. The Balaban J connectivity index is 2.19. The summed E-state index contributed by atoms with van der Waals surface area (Å²) in [6.45, 7) is 6.67. The van der Waals surface area contributed by atoms with Crippen LogP contribution in [0.4, 0.5) is 0 Å². The minimum Gasteiger partial charge on any atom is -0.452 e. The molecule has 0 spiro atoms. The number of amides is 2. The first-order chi connectivity index (χ1) is 8.30. The Morgan fingerprint density at radius 1 is 1.50 bits per heavy atom. The van der Waals surface area contributed by atoms with Gasteiger partial charge in [-0.15, -0.1) is 0 Å². The minimum absolute atomic E-state index is 0.00484. The highest BCUT2D eigenvalue weighted by atomic mass is 35.5. The molecule has 1 unspecified atom stereocenters. The van der Waals surface area contributed by atoms with Crippen LogP contribution in [0, 0.1) is 11.3 Å². The summed E-state index contributed by atoms with van der Waals surface area (Å²) in [5, 5.41) is 0.0343. The lowest BCUT2D eigenvalue weighted by atomic mass is 9.80. The van der Waals surface area contributed by atoms with Crippen molar-refractivity contribution in [2.24, 2.45) is 11.3 Å². The van der Waals surface area contributed by atoms with E-state index in [1.165, 1.54) is 17.2 Å². The minimum atomic E-state index is -0.370. The number of hydrogen-bond donors (Lipinski definition) is 0. The van der Waals surface area contributed by atoms with E-state index in [4.69, 9.17) is 16.0 Å². The maximum absolute atomic E-state index is 12.2. The molecule has 98 valence electrons. The van der Waals surface area contributed by atoms with Gasteiger partial charge in [0.05, 0.1) is 11.8 Å². The topological polar surface area (TPSA) is 50.5 Å². The highest BCUT2D eigenvalue weighted by molar-refractivity contribution is 6.32. The molecule has 1 saturated heterocycles. The van der Waals surface area contributed by atoms with E-state index in [0.29, 0.717) is 13.0 Å². The molecule has 2 amide bonds. The molecular weight excluding hydrogens is 254 g/mol. The van der Waals surface area contributed by atoms with E-state index in [0.717, 1.165) is 0 Å². The van der Waals surface area contributed by atoms with Crippen molar-refractivity contribution in [3.05, 3.63) is 23.1 Å². The van der Waals surface area contributed by atoms with Gasteiger partial charge in [0.1, 0.15) is 0 Å². The third-order valence-corrected chi connectivity index (χ3v) is 3.74. The predicted octanol–water partition coefficient (Wildman–Crippen LogP) is 2.97. The van der Waals surface area contributed by atoms with Gasteiger partial charge in [0.15, 0.2) is 0 Å². The zero-order chi connectivity index (χ0) is 13.5. The van der Waals surface area contributed by atoms with Gasteiger partial charge >= 0.3 is 0 Å². The summed E-state index contributed by atoms with van der Waals surface area (Å²) in [6.07, 6.45) is 1.75. The average Bonchev–Trinajstić information content (AvgIpc) is 2.82. The Hall–Kier alpha value is -1.29. The standard InChI is InChI=1S/C13H16ClNO3/c1-13(2,3)8-6-10(16)15(7-8)12(17)9-4-5-18-11(9)14/h4-5,8H,6-7H2,1-3H3. The van der Waals surface area contributed by atoms with Crippen LogP contribution >= 0.6 is 11.6 Å². The third kappa shape index (κ3) is 2.29. The van der Waals surface area contributed by atoms with Crippen molar-refractivity contribution >= 4 is 23.4 Å². The monoisotopic (exact) mass is 269 g/mol. The first-order valence-corrected chi connectivity index (χ1v) is 6.26. The number of furan rings is 1. The lowest BCUT2D eigenvalue weighted by molar-refractivity contribution is -0.125. The fraction of sp³-hybridized carbons (Fsp3) is 0.538. The highest BCUT2D eigenvalue weighted by Gasteiger charge is 2.40. The summed E-state index contributed by atoms with van der Waals surface area (Å²) in [5.41, 5.74) is 0.254. The summed E-state index contributed by atoms with van der Waals surface area (Å²) in [4.78, 5) is 25.4. The molecule has 0 bridgehead atoms. The van der Waals surface area contributed by atoms with Crippen molar-refractivity contribution in [1.82, 2.24) is 4.90 Å². The van der Waals surface area contributed by atoms with E-state index in [2.05, 4.69) is 20.8 Å². The molecule has 1 aromatic heterocycles. The molecule has 1 aliphatic heterocycles. The van der Waals surface area contributed by atoms with Crippen molar-refractivity contribution in [2.75, 3.05) is 6.54 Å². The molecule has 1 atom stereocenters. The summed E-state index contributed by atoms with van der Waals surface area (Å²) in [6, 6.07) is 1.49. The van der Waals surface area contributed by atoms with E-state index in [9.17, 15) is 9.59 Å². The molecule has 2 heterocycles. The molecule has 0 saturated carbocycles. The van der Waals surface area contributed by atoms with Gasteiger partial charge in [0, 0.05) is 13.0 Å². The van der Waals surface area contributed by atoms with Crippen LogP contribution in [0.1, 0.15) is 37.6 Å². The Morgan fingerprint density at radius 2 is 2.17 bits per heavy atom. The zero-order valence-electron chi connectivity index (χ0n) is 10.7. The van der Waals surface area contributed by atoms with E-state index < -0.39 is 0 Å². The quantitative estimate of drug-likeness (QED) is 0.737. The van der Waals surface area contributed by atoms with Crippen LogP contribution in [-0.4, -0.2) is 23.3 Å². The summed E-state index contributed by atoms with van der Waals surface area (Å²) < 4.78 is 4.88. The van der Waals surface area contributed by atoms with Gasteiger partial charge in [-0.1, -0.05) is 20.8 Å². The van der Waals surface area contributed by atoms with Crippen molar-refractivity contribution < 1.29 is 14.0 Å². The number of likely N-dealkylation sites (tertiary alicyclic amines) is 1. The van der Waals surface area contributed by atoms with Crippen LogP contribution in [0.3, 0.4) is 0 Å². The van der Waals surface area contributed by atoms with Crippen LogP contribution in [0.5, 0.6) is 0 Å². The lowest BCUT2D eigenvalue weighted by Crippen LogP contribution is -2.33. The smallest absolute Gasteiger partial charge is 0.265 e. The van der Waals surface area contributed by atoms with Gasteiger partial charge < -0.3 is 4.42 Å². The second-order valence-corrected chi connectivity index (χ2v) is 6.03. The zero-order valence-corrected chi connectivity index (χ0v) is 11.5. The summed E-state index contributed by atoms with van der Waals surface area (Å²) in [5.74, 6) is -0.331. The molecule has 1 fully saturated rings. The molecule has 5 heteroatoms. The van der Waals surface area contributed by atoms with Gasteiger partial charge in [-0.2, -0.15) is 0 Å². The van der Waals surface area contributed by atoms with Gasteiger partial charge in [-0.3, -0.25) is 14.5 Å². The molecule has 1 aromatic rings. The lowest BCUT2D eigenvalue weighted by Gasteiger charge is -2.25. The van der Waals surface area contributed by atoms with Gasteiger partial charge in [-0.25, -0.2) is 0 Å². The first kappa shape index (κ1) is 13.1. The molecule has 18 heavy (non-hydrogen) atoms. The molecule has 0 aliphatic carbocycles. The molecular formula is C13H16ClNO3. The van der Waals surface area contributed by atoms with Gasteiger partial charge in [0.2, 0.25) is 11.1 Å². The number of hydrogen-bond acceptors (Lipinski definition) is 3. The van der Waals surface area contributed by atoms with E-state index >= 15 is 0 Å². The summed E-state index contributed by atoms with van der Waals surface area (Å²) in [7, 11) is 0. The van der Waals surface area contributed by atoms with Crippen LogP contribution < -0.4 is 0 Å².